The van der Waals surface area contributed by atoms with Gasteiger partial charge < -0.3 is 11.0 Å². The summed E-state index contributed by atoms with van der Waals surface area (Å²) >= 11 is 0. The lowest BCUT2D eigenvalue weighted by Gasteiger charge is -2.12. The predicted octanol–water partition coefficient (Wildman–Crippen LogP) is 3.34. The second kappa shape index (κ2) is 3.92. The van der Waals surface area contributed by atoms with Crippen molar-refractivity contribution in [1.29, 1.82) is 0 Å². The third-order valence-electron chi connectivity index (χ3n) is 2.30. The summed E-state index contributed by atoms with van der Waals surface area (Å²) in [4.78, 5) is 0. The molecule has 0 aliphatic carbocycles. The molecule has 0 atom stereocenters. The Morgan fingerprint density at radius 1 is 1.13 bits per heavy atom. The summed E-state index contributed by atoms with van der Waals surface area (Å²) in [6.07, 6.45) is 0. The Morgan fingerprint density at radius 2 is 1.87 bits per heavy atom. The summed E-state index contributed by atoms with van der Waals surface area (Å²) in [5, 5.41) is 5.09. The molecular formula is C12H10N3-. The number of benzene rings is 2. The van der Waals surface area contributed by atoms with Gasteiger partial charge in [0.2, 0.25) is 0 Å². The summed E-state index contributed by atoms with van der Waals surface area (Å²) in [7, 11) is 0. The number of fused-ring (bicyclic) bond motifs is 1. The Balaban J connectivity index is 2.60. The van der Waals surface area contributed by atoms with Crippen LogP contribution in [0, 0.1) is 0 Å². The van der Waals surface area contributed by atoms with Crippen LogP contribution in [0.2, 0.25) is 0 Å². The van der Waals surface area contributed by atoms with E-state index in [9.17, 15) is 0 Å². The second-order valence-corrected chi connectivity index (χ2v) is 3.22. The highest BCUT2D eigenvalue weighted by Gasteiger charge is 1.99. The number of hydrogen-bond donors (Lipinski definition) is 1. The maximum Gasteiger partial charge on any atom is -0.0109 e. The number of nitrogens with zero attached hydrogens (tertiary/aromatic N) is 2. The fraction of sp³-hybridized carbons (Fsp3) is 0. The van der Waals surface area contributed by atoms with Crippen LogP contribution in [0.4, 0.5) is 0 Å². The van der Waals surface area contributed by atoms with Crippen LogP contribution in [0.1, 0.15) is 5.56 Å². The Kier molecular flexibility index (Phi) is 2.46. The van der Waals surface area contributed by atoms with Crippen LogP contribution in [0.3, 0.4) is 0 Å². The van der Waals surface area contributed by atoms with E-state index < -0.39 is 0 Å². The second-order valence-electron chi connectivity index (χ2n) is 3.22. The Morgan fingerprint density at radius 3 is 2.67 bits per heavy atom. The largest absolute Gasteiger partial charge is 0.387 e. The molecule has 3 heteroatoms. The highest BCUT2D eigenvalue weighted by Crippen LogP contribution is 2.22. The van der Waals surface area contributed by atoms with E-state index in [1.165, 1.54) is 0 Å². The van der Waals surface area contributed by atoms with Gasteiger partial charge in [-0.3, -0.25) is 5.22 Å². The molecule has 0 aromatic heterocycles. The molecule has 2 aromatic carbocycles. The standard InChI is InChI=1S/C12H10N3/c1-9(14-15-13)11-8-4-6-10-5-2-3-7-12(10)11/h2-8H,1H2,(H-,13,14)/q-1. The van der Waals surface area contributed by atoms with Crippen molar-refractivity contribution >= 4 is 16.5 Å². The molecule has 2 aromatic rings. The molecule has 2 rings (SSSR count). The van der Waals surface area contributed by atoms with E-state index in [4.69, 9.17) is 5.53 Å². The van der Waals surface area contributed by atoms with Crippen molar-refractivity contribution < 1.29 is 0 Å². The van der Waals surface area contributed by atoms with Gasteiger partial charge in [-0.15, -0.1) is 0 Å². The fourth-order valence-electron chi connectivity index (χ4n) is 1.61. The van der Waals surface area contributed by atoms with E-state index in [2.05, 4.69) is 17.2 Å². The molecule has 1 N–H and O–H groups in total. The van der Waals surface area contributed by atoms with Crippen molar-refractivity contribution in [1.82, 2.24) is 5.43 Å². The molecule has 0 heterocycles. The lowest BCUT2D eigenvalue weighted by molar-refractivity contribution is 0.982. The monoisotopic (exact) mass is 196 g/mol. The van der Waals surface area contributed by atoms with Crippen molar-refractivity contribution in [3.63, 3.8) is 0 Å². The molecule has 0 saturated heterocycles. The smallest absolute Gasteiger partial charge is 0.0109 e. The van der Waals surface area contributed by atoms with E-state index >= 15 is 0 Å². The Hall–Kier alpha value is -2.16. The van der Waals surface area contributed by atoms with Gasteiger partial charge in [-0.05, 0) is 22.0 Å². The van der Waals surface area contributed by atoms with Crippen molar-refractivity contribution in [2.75, 3.05) is 0 Å². The topological polar surface area (TPSA) is 46.7 Å². The third-order valence-corrected chi connectivity index (χ3v) is 2.30. The zero-order chi connectivity index (χ0) is 10.7. The average molecular weight is 196 g/mol. The summed E-state index contributed by atoms with van der Waals surface area (Å²) in [6.45, 7) is 3.80. The minimum absolute atomic E-state index is 0.578. The van der Waals surface area contributed by atoms with Gasteiger partial charge in [0.15, 0.2) is 0 Å². The van der Waals surface area contributed by atoms with Crippen LogP contribution < -0.4 is 5.43 Å². The average Bonchev–Trinajstić information content (AvgIpc) is 2.28. The van der Waals surface area contributed by atoms with Crippen LogP contribution in [-0.2, 0) is 0 Å². The van der Waals surface area contributed by atoms with Crippen LogP contribution in [-0.4, -0.2) is 0 Å². The quantitative estimate of drug-likeness (QED) is 0.594. The molecule has 3 nitrogen and oxygen atoms in total. The first-order chi connectivity index (χ1) is 7.33. The molecule has 0 unspecified atom stereocenters. The Bertz CT molecular complexity index is 512. The molecule has 0 spiro atoms. The van der Waals surface area contributed by atoms with Crippen LogP contribution in [0.25, 0.3) is 22.0 Å². The van der Waals surface area contributed by atoms with Gasteiger partial charge in [-0.2, -0.15) is 0 Å². The lowest BCUT2D eigenvalue weighted by Crippen LogP contribution is -2.01. The van der Waals surface area contributed by atoms with Crippen molar-refractivity contribution in [3.8, 4) is 0 Å². The van der Waals surface area contributed by atoms with E-state index in [1.807, 2.05) is 42.5 Å². The molecule has 74 valence electrons. The maximum absolute atomic E-state index is 8.42. The minimum Gasteiger partial charge on any atom is -0.387 e. The first-order valence-electron chi connectivity index (χ1n) is 4.60. The molecule has 0 aliphatic rings. The SMILES string of the molecule is C=C(NN=[N-])c1cccc2ccccc12. The molecular weight excluding hydrogens is 186 g/mol. The number of hydrogen-bond acceptors (Lipinski definition) is 1. The Labute approximate surface area is 87.9 Å². The first-order valence-corrected chi connectivity index (χ1v) is 4.60. The molecule has 0 aliphatic heterocycles. The van der Waals surface area contributed by atoms with Crippen molar-refractivity contribution in [2.45, 2.75) is 0 Å². The molecule has 15 heavy (non-hydrogen) atoms. The summed E-state index contributed by atoms with van der Waals surface area (Å²) in [6, 6.07) is 13.9. The van der Waals surface area contributed by atoms with Crippen molar-refractivity contribution in [3.05, 3.63) is 60.1 Å². The van der Waals surface area contributed by atoms with Gasteiger partial charge in [-0.1, -0.05) is 49.0 Å². The normalized spacial score (nSPS) is 9.87. The number of rotatable bonds is 3. The van der Waals surface area contributed by atoms with Gasteiger partial charge in [0.05, 0.1) is 0 Å². The fourth-order valence-corrected chi connectivity index (χ4v) is 1.61. The summed E-state index contributed by atoms with van der Waals surface area (Å²) in [5.41, 5.74) is 12.4. The highest BCUT2D eigenvalue weighted by molar-refractivity contribution is 5.92. The summed E-state index contributed by atoms with van der Waals surface area (Å²) < 4.78 is 0. The van der Waals surface area contributed by atoms with Crippen LogP contribution in [0.15, 0.2) is 54.3 Å². The third kappa shape index (κ3) is 1.72. The minimum atomic E-state index is 0.578. The molecule has 0 bridgehead atoms. The zero-order valence-electron chi connectivity index (χ0n) is 8.14. The van der Waals surface area contributed by atoms with Crippen molar-refractivity contribution in [2.24, 2.45) is 5.22 Å². The molecule has 0 fully saturated rings. The molecule has 0 radical (unpaired) electrons. The predicted molar refractivity (Wildman–Crippen MR) is 61.9 cm³/mol. The van der Waals surface area contributed by atoms with E-state index in [0.29, 0.717) is 5.70 Å². The maximum atomic E-state index is 8.42. The molecule has 0 amide bonds. The van der Waals surface area contributed by atoms with Gasteiger partial charge >= 0.3 is 0 Å². The lowest BCUT2D eigenvalue weighted by atomic mass is 10.0. The van der Waals surface area contributed by atoms with E-state index in [-0.39, 0.29) is 0 Å². The van der Waals surface area contributed by atoms with E-state index in [0.717, 1.165) is 16.3 Å². The van der Waals surface area contributed by atoms with E-state index in [1.54, 1.807) is 0 Å². The summed E-state index contributed by atoms with van der Waals surface area (Å²) in [5.74, 6) is 0. The van der Waals surface area contributed by atoms with Gasteiger partial charge in [-0.25, -0.2) is 0 Å². The van der Waals surface area contributed by atoms with Gasteiger partial charge in [0.25, 0.3) is 0 Å². The number of nitrogens with one attached hydrogen (secondary N) is 1. The first kappa shape index (κ1) is 9.40. The molecule has 0 saturated carbocycles. The van der Waals surface area contributed by atoms with Crippen LogP contribution in [0.5, 0.6) is 0 Å². The highest BCUT2D eigenvalue weighted by atomic mass is 15.4. The zero-order valence-corrected chi connectivity index (χ0v) is 8.14. The van der Waals surface area contributed by atoms with Gasteiger partial charge in [0, 0.05) is 0 Å². The van der Waals surface area contributed by atoms with Crippen LogP contribution >= 0.6 is 0 Å². The van der Waals surface area contributed by atoms with Gasteiger partial charge in [0.1, 0.15) is 0 Å².